The van der Waals surface area contributed by atoms with Crippen molar-refractivity contribution in [3.05, 3.63) is 65.9 Å². The molecule has 3 N–H and O–H groups in total. The molecule has 0 fully saturated rings. The van der Waals surface area contributed by atoms with E-state index in [1.807, 2.05) is 37.4 Å². The summed E-state index contributed by atoms with van der Waals surface area (Å²) in [5.41, 5.74) is 2.55. The maximum absolute atomic E-state index is 12.5. The Bertz CT molecular complexity index is 1020. The van der Waals surface area contributed by atoms with Crippen molar-refractivity contribution in [2.45, 2.75) is 24.7 Å². The van der Waals surface area contributed by atoms with Crippen molar-refractivity contribution in [2.24, 2.45) is 0 Å². The fourth-order valence-electron chi connectivity index (χ4n) is 2.87. The highest BCUT2D eigenvalue weighted by molar-refractivity contribution is 7.89. The van der Waals surface area contributed by atoms with Crippen LogP contribution >= 0.6 is 0 Å². The number of hydrogen-bond acceptors (Lipinski definition) is 3. The van der Waals surface area contributed by atoms with Crippen LogP contribution in [-0.4, -0.2) is 32.4 Å². The van der Waals surface area contributed by atoms with Gasteiger partial charge in [0.25, 0.3) is 5.91 Å². The Hall–Kier alpha value is -2.64. The molecule has 1 amide bonds. The molecule has 0 unspecified atom stereocenters. The van der Waals surface area contributed by atoms with Crippen molar-refractivity contribution in [3.63, 3.8) is 0 Å². The van der Waals surface area contributed by atoms with Gasteiger partial charge >= 0.3 is 0 Å². The minimum absolute atomic E-state index is 0.147. The van der Waals surface area contributed by atoms with Crippen LogP contribution < -0.4 is 10.0 Å². The molecule has 0 saturated carbocycles. The monoisotopic (exact) mass is 385 g/mol. The largest absolute Gasteiger partial charge is 0.361 e. The van der Waals surface area contributed by atoms with Gasteiger partial charge in [0.15, 0.2) is 0 Å². The predicted molar refractivity (Wildman–Crippen MR) is 106 cm³/mol. The first kappa shape index (κ1) is 19.1. The minimum atomic E-state index is -3.62. The van der Waals surface area contributed by atoms with Gasteiger partial charge in [0.1, 0.15) is 0 Å². The van der Waals surface area contributed by atoms with Crippen LogP contribution in [0.15, 0.2) is 59.6 Å². The third-order valence-corrected chi connectivity index (χ3v) is 5.80. The molecule has 0 saturated heterocycles. The van der Waals surface area contributed by atoms with Crippen LogP contribution in [0.2, 0.25) is 0 Å². The molecule has 3 aromatic rings. The van der Waals surface area contributed by atoms with E-state index < -0.39 is 10.0 Å². The number of aromatic amines is 1. The fourth-order valence-corrected chi connectivity index (χ4v) is 3.90. The lowest BCUT2D eigenvalue weighted by atomic mass is 10.1. The number of nitrogens with one attached hydrogen (secondary N) is 3. The van der Waals surface area contributed by atoms with Crippen LogP contribution in [0.3, 0.4) is 0 Å². The molecule has 27 heavy (non-hydrogen) atoms. The van der Waals surface area contributed by atoms with E-state index in [0.717, 1.165) is 22.9 Å². The Morgan fingerprint density at radius 3 is 2.52 bits per heavy atom. The molecule has 3 rings (SSSR count). The van der Waals surface area contributed by atoms with E-state index in [0.29, 0.717) is 25.1 Å². The maximum atomic E-state index is 12.5. The molecule has 0 spiro atoms. The van der Waals surface area contributed by atoms with Crippen LogP contribution in [0.1, 0.15) is 29.3 Å². The Labute approximate surface area is 159 Å². The Balaban J connectivity index is 1.62. The van der Waals surface area contributed by atoms with Crippen LogP contribution in [0.4, 0.5) is 0 Å². The molecular weight excluding hydrogens is 362 g/mol. The summed E-state index contributed by atoms with van der Waals surface area (Å²) in [6.45, 7) is 2.86. The molecule has 2 aromatic carbocycles. The smallest absolute Gasteiger partial charge is 0.251 e. The zero-order chi connectivity index (χ0) is 19.3. The van der Waals surface area contributed by atoms with Gasteiger partial charge in [-0.1, -0.05) is 25.1 Å². The van der Waals surface area contributed by atoms with Crippen molar-refractivity contribution >= 4 is 26.8 Å². The summed E-state index contributed by atoms with van der Waals surface area (Å²) in [5, 5.41) is 3.86. The molecular formula is C20H23N3O3S. The van der Waals surface area contributed by atoms with Gasteiger partial charge in [-0.25, -0.2) is 13.1 Å². The van der Waals surface area contributed by atoms with Crippen LogP contribution in [-0.2, 0) is 16.4 Å². The summed E-state index contributed by atoms with van der Waals surface area (Å²) in [4.78, 5) is 15.2. The van der Waals surface area contributed by atoms with Gasteiger partial charge < -0.3 is 10.3 Å². The average molecular weight is 385 g/mol. The molecule has 0 aliphatic carbocycles. The summed E-state index contributed by atoms with van der Waals surface area (Å²) in [7, 11) is -3.62. The highest BCUT2D eigenvalue weighted by atomic mass is 32.2. The summed E-state index contributed by atoms with van der Waals surface area (Å²) in [6.07, 6.45) is 3.34. The topological polar surface area (TPSA) is 91.1 Å². The lowest BCUT2D eigenvalue weighted by Crippen LogP contribution is -2.26. The van der Waals surface area contributed by atoms with Crippen LogP contribution in [0, 0.1) is 0 Å². The zero-order valence-corrected chi connectivity index (χ0v) is 16.0. The molecule has 1 aromatic heterocycles. The first-order chi connectivity index (χ1) is 13.0. The van der Waals surface area contributed by atoms with E-state index in [9.17, 15) is 13.2 Å². The lowest BCUT2D eigenvalue weighted by molar-refractivity contribution is 0.0953. The normalized spacial score (nSPS) is 11.6. The number of para-hydroxylation sites is 1. The first-order valence-corrected chi connectivity index (χ1v) is 10.4. The van der Waals surface area contributed by atoms with Gasteiger partial charge in [-0.15, -0.1) is 0 Å². The number of amides is 1. The quantitative estimate of drug-likeness (QED) is 0.557. The summed E-state index contributed by atoms with van der Waals surface area (Å²) in [5.74, 6) is -0.201. The highest BCUT2D eigenvalue weighted by Gasteiger charge is 2.15. The van der Waals surface area contributed by atoms with Gasteiger partial charge in [0, 0.05) is 35.8 Å². The van der Waals surface area contributed by atoms with Crippen LogP contribution in [0.5, 0.6) is 0 Å². The van der Waals surface area contributed by atoms with E-state index in [4.69, 9.17) is 0 Å². The predicted octanol–water partition coefficient (Wildman–Crippen LogP) is 2.83. The second-order valence-corrected chi connectivity index (χ2v) is 8.05. The number of rotatable bonds is 8. The number of aromatic nitrogens is 1. The number of sulfonamides is 1. The van der Waals surface area contributed by atoms with E-state index in [2.05, 4.69) is 15.0 Å². The molecule has 0 aliphatic heterocycles. The fraction of sp³-hybridized carbons (Fsp3) is 0.250. The number of carbonyl (C=O) groups excluding carboxylic acids is 1. The second kappa shape index (κ2) is 8.37. The molecule has 7 heteroatoms. The van der Waals surface area contributed by atoms with Gasteiger partial charge in [0.05, 0.1) is 4.90 Å². The number of benzene rings is 2. The molecule has 0 bridgehead atoms. The Kier molecular flexibility index (Phi) is 5.93. The number of hydrogen-bond donors (Lipinski definition) is 3. The van der Waals surface area contributed by atoms with Crippen molar-refractivity contribution < 1.29 is 13.2 Å². The second-order valence-electron chi connectivity index (χ2n) is 6.29. The standard InChI is InChI=1S/C20H23N3O3S/c1-2-12-21-20(24)15-7-9-17(10-8-15)27(25,26)23-13-11-16-14-22-19-6-4-3-5-18(16)19/h3-10,14,22-23H,2,11-13H2,1H3,(H,21,24). The average Bonchev–Trinajstić information content (AvgIpc) is 3.09. The van der Waals surface area contributed by atoms with E-state index in [1.165, 1.54) is 24.3 Å². The maximum Gasteiger partial charge on any atom is 0.251 e. The molecule has 0 atom stereocenters. The van der Waals surface area contributed by atoms with Crippen molar-refractivity contribution in [3.8, 4) is 0 Å². The van der Waals surface area contributed by atoms with Gasteiger partial charge in [0.2, 0.25) is 10.0 Å². The molecule has 142 valence electrons. The molecule has 0 radical (unpaired) electrons. The van der Waals surface area contributed by atoms with Crippen molar-refractivity contribution in [1.29, 1.82) is 0 Å². The molecule has 6 nitrogen and oxygen atoms in total. The van der Waals surface area contributed by atoms with E-state index in [-0.39, 0.29) is 10.8 Å². The Morgan fingerprint density at radius 2 is 1.78 bits per heavy atom. The number of fused-ring (bicyclic) bond motifs is 1. The van der Waals surface area contributed by atoms with Crippen molar-refractivity contribution in [2.75, 3.05) is 13.1 Å². The van der Waals surface area contributed by atoms with Gasteiger partial charge in [-0.2, -0.15) is 0 Å². The summed E-state index contributed by atoms with van der Waals surface area (Å²) < 4.78 is 27.5. The highest BCUT2D eigenvalue weighted by Crippen LogP contribution is 2.18. The van der Waals surface area contributed by atoms with Gasteiger partial charge in [-0.05, 0) is 48.7 Å². The molecule has 1 heterocycles. The van der Waals surface area contributed by atoms with E-state index >= 15 is 0 Å². The lowest BCUT2D eigenvalue weighted by Gasteiger charge is -2.08. The first-order valence-electron chi connectivity index (χ1n) is 8.94. The molecule has 0 aliphatic rings. The SMILES string of the molecule is CCCNC(=O)c1ccc(S(=O)(=O)NCCc2c[nH]c3ccccc23)cc1. The zero-order valence-electron chi connectivity index (χ0n) is 15.2. The number of H-pyrrole nitrogens is 1. The third kappa shape index (κ3) is 4.56. The van der Waals surface area contributed by atoms with Crippen LogP contribution in [0.25, 0.3) is 10.9 Å². The van der Waals surface area contributed by atoms with Gasteiger partial charge in [-0.3, -0.25) is 4.79 Å². The Morgan fingerprint density at radius 1 is 1.04 bits per heavy atom. The minimum Gasteiger partial charge on any atom is -0.361 e. The third-order valence-electron chi connectivity index (χ3n) is 4.32. The summed E-state index contributed by atoms with van der Waals surface area (Å²) >= 11 is 0. The summed E-state index contributed by atoms with van der Waals surface area (Å²) in [6, 6.07) is 13.9. The van der Waals surface area contributed by atoms with E-state index in [1.54, 1.807) is 0 Å². The van der Waals surface area contributed by atoms with Crippen molar-refractivity contribution in [1.82, 2.24) is 15.0 Å². The number of carbonyl (C=O) groups is 1.